The number of amides is 1. The molecule has 1 aliphatic heterocycles. The third-order valence-electron chi connectivity index (χ3n) is 3.86. The number of methoxy groups -OCH3 is 3. The third-order valence-corrected chi connectivity index (χ3v) is 3.86. The summed E-state index contributed by atoms with van der Waals surface area (Å²) in [5, 5.41) is 0. The highest BCUT2D eigenvalue weighted by Crippen LogP contribution is 2.39. The van der Waals surface area contributed by atoms with Crippen LogP contribution in [-0.2, 0) is 4.79 Å². The van der Waals surface area contributed by atoms with Gasteiger partial charge in [0.25, 0.3) is 5.91 Å². The first-order valence-corrected chi connectivity index (χ1v) is 7.33. The van der Waals surface area contributed by atoms with E-state index in [0.29, 0.717) is 22.4 Å². The molecule has 0 aliphatic carbocycles. The molecule has 1 aromatic carbocycles. The Morgan fingerprint density at radius 3 is 2.28 bits per heavy atom. The monoisotopic (exact) mass is 345 g/mol. The zero-order valence-corrected chi connectivity index (χ0v) is 14.2. The molecule has 0 atom stereocenters. The van der Waals surface area contributed by atoms with Gasteiger partial charge in [0, 0.05) is 12.6 Å². The number of fused-ring (bicyclic) bond motifs is 1. The Morgan fingerprint density at radius 2 is 1.72 bits per heavy atom. The van der Waals surface area contributed by atoms with Crippen LogP contribution in [0.1, 0.15) is 11.1 Å². The van der Waals surface area contributed by atoms with Gasteiger partial charge in [-0.15, -0.1) is 0 Å². The lowest BCUT2D eigenvalue weighted by molar-refractivity contribution is -0.112. The van der Waals surface area contributed by atoms with Crippen LogP contribution < -0.4 is 19.1 Å². The zero-order chi connectivity index (χ0) is 18.1. The molecule has 0 saturated heterocycles. The fraction of sp³-hybridized carbons (Fsp3) is 0.235. The largest absolute Gasteiger partial charge is 0.480 e. The number of likely N-dealkylation sites (N-methyl/N-ethyl adjacent to an activating group) is 1. The molecule has 7 nitrogen and oxygen atoms in total. The van der Waals surface area contributed by atoms with Crippen LogP contribution in [0, 0.1) is 5.82 Å². The molecule has 0 N–H and O–H groups in total. The van der Waals surface area contributed by atoms with Crippen molar-refractivity contribution in [2.75, 3.05) is 33.3 Å². The number of hydrogen-bond acceptors (Lipinski definition) is 6. The Hall–Kier alpha value is -3.16. The lowest BCUT2D eigenvalue weighted by Gasteiger charge is -2.11. The van der Waals surface area contributed by atoms with Crippen LogP contribution >= 0.6 is 0 Å². The van der Waals surface area contributed by atoms with Crippen molar-refractivity contribution in [1.29, 1.82) is 0 Å². The number of halogens is 1. The number of hydrogen-bond donors (Lipinski definition) is 0. The summed E-state index contributed by atoms with van der Waals surface area (Å²) < 4.78 is 29.2. The Labute approximate surface area is 143 Å². The minimum absolute atomic E-state index is 0.0668. The van der Waals surface area contributed by atoms with Crippen molar-refractivity contribution in [3.8, 4) is 17.8 Å². The van der Waals surface area contributed by atoms with Gasteiger partial charge in [-0.1, -0.05) is 0 Å². The normalized spacial score (nSPS) is 14.7. The average Bonchev–Trinajstić information content (AvgIpc) is 2.85. The van der Waals surface area contributed by atoms with E-state index in [1.54, 1.807) is 13.1 Å². The van der Waals surface area contributed by atoms with Crippen molar-refractivity contribution in [3.05, 3.63) is 35.1 Å². The number of nitrogens with zero attached hydrogens (tertiary/aromatic N) is 3. The summed E-state index contributed by atoms with van der Waals surface area (Å²) in [6.45, 7) is 0. The molecular weight excluding hydrogens is 329 g/mol. The Balaban J connectivity index is 2.22. The van der Waals surface area contributed by atoms with Gasteiger partial charge in [-0.05, 0) is 24.3 Å². The van der Waals surface area contributed by atoms with Crippen molar-refractivity contribution in [2.24, 2.45) is 0 Å². The summed E-state index contributed by atoms with van der Waals surface area (Å²) in [7, 11) is 5.90. The standard InChI is InChI=1S/C17H16FN3O4/c1-21-13-6-5-9(18)7-10(13)11(16(21)22)8-12-14(23-2)19-17(25-4)20-15(12)24-3/h5-8H,1-4H3/b11-8-. The molecule has 0 radical (unpaired) electrons. The Bertz CT molecular complexity index is 857. The molecule has 0 unspecified atom stereocenters. The van der Waals surface area contributed by atoms with Crippen LogP contribution in [0.3, 0.4) is 0 Å². The van der Waals surface area contributed by atoms with Gasteiger partial charge in [0.05, 0.1) is 38.2 Å². The highest BCUT2D eigenvalue weighted by molar-refractivity contribution is 6.35. The number of carbonyl (C=O) groups is 1. The van der Waals surface area contributed by atoms with Crippen molar-refractivity contribution in [3.63, 3.8) is 0 Å². The van der Waals surface area contributed by atoms with Crippen LogP contribution in [0.2, 0.25) is 0 Å². The maximum absolute atomic E-state index is 13.7. The fourth-order valence-electron chi connectivity index (χ4n) is 2.64. The van der Waals surface area contributed by atoms with E-state index in [4.69, 9.17) is 14.2 Å². The van der Waals surface area contributed by atoms with Gasteiger partial charge in [0.2, 0.25) is 11.8 Å². The van der Waals surface area contributed by atoms with E-state index in [1.165, 1.54) is 44.4 Å². The highest BCUT2D eigenvalue weighted by Gasteiger charge is 2.31. The molecule has 0 fully saturated rings. The summed E-state index contributed by atoms with van der Waals surface area (Å²) in [6.07, 6.45) is 1.53. The third kappa shape index (κ3) is 2.75. The van der Waals surface area contributed by atoms with Crippen LogP contribution in [0.4, 0.5) is 10.1 Å². The number of benzene rings is 1. The summed E-state index contributed by atoms with van der Waals surface area (Å²) in [6, 6.07) is 4.24. The summed E-state index contributed by atoms with van der Waals surface area (Å²) >= 11 is 0. The molecule has 0 saturated carbocycles. The second-order valence-corrected chi connectivity index (χ2v) is 5.23. The van der Waals surface area contributed by atoms with E-state index < -0.39 is 5.82 Å². The predicted octanol–water partition coefficient (Wildman–Crippen LogP) is 2.16. The van der Waals surface area contributed by atoms with E-state index in [9.17, 15) is 9.18 Å². The highest BCUT2D eigenvalue weighted by atomic mass is 19.1. The molecular formula is C17H16FN3O4. The van der Waals surface area contributed by atoms with Gasteiger partial charge in [-0.25, -0.2) is 4.39 Å². The molecule has 1 aliphatic rings. The lowest BCUT2D eigenvalue weighted by atomic mass is 10.0. The molecule has 0 spiro atoms. The van der Waals surface area contributed by atoms with Gasteiger partial charge < -0.3 is 19.1 Å². The quantitative estimate of drug-likeness (QED) is 0.791. The molecule has 0 bridgehead atoms. The van der Waals surface area contributed by atoms with E-state index in [-0.39, 0.29) is 23.7 Å². The number of ether oxygens (including phenoxy) is 3. The van der Waals surface area contributed by atoms with Gasteiger partial charge in [-0.3, -0.25) is 4.79 Å². The van der Waals surface area contributed by atoms with Crippen LogP contribution in [0.5, 0.6) is 17.8 Å². The number of anilines is 1. The number of carbonyl (C=O) groups excluding carboxylic acids is 1. The van der Waals surface area contributed by atoms with Crippen molar-refractivity contribution in [1.82, 2.24) is 9.97 Å². The number of rotatable bonds is 4. The summed E-state index contributed by atoms with van der Waals surface area (Å²) in [4.78, 5) is 22.2. The molecule has 1 aromatic heterocycles. The zero-order valence-electron chi connectivity index (χ0n) is 14.2. The average molecular weight is 345 g/mol. The predicted molar refractivity (Wildman–Crippen MR) is 89.4 cm³/mol. The smallest absolute Gasteiger partial charge is 0.322 e. The van der Waals surface area contributed by atoms with E-state index >= 15 is 0 Å². The minimum Gasteiger partial charge on any atom is -0.480 e. The van der Waals surface area contributed by atoms with Crippen molar-refractivity contribution < 1.29 is 23.4 Å². The first-order chi connectivity index (χ1) is 12.0. The Kier molecular flexibility index (Phi) is 4.26. The minimum atomic E-state index is -0.433. The molecule has 130 valence electrons. The van der Waals surface area contributed by atoms with Gasteiger partial charge >= 0.3 is 6.01 Å². The van der Waals surface area contributed by atoms with Crippen LogP contribution in [-0.4, -0.2) is 44.3 Å². The molecule has 25 heavy (non-hydrogen) atoms. The van der Waals surface area contributed by atoms with Gasteiger partial charge in [-0.2, -0.15) is 9.97 Å². The number of aromatic nitrogens is 2. The summed E-state index contributed by atoms with van der Waals surface area (Å²) in [5.74, 6) is -0.355. The topological polar surface area (TPSA) is 73.8 Å². The van der Waals surface area contributed by atoms with Gasteiger partial charge in [0.15, 0.2) is 0 Å². The van der Waals surface area contributed by atoms with E-state index in [1.807, 2.05) is 0 Å². The Morgan fingerprint density at radius 1 is 1.08 bits per heavy atom. The van der Waals surface area contributed by atoms with Crippen molar-refractivity contribution >= 4 is 23.2 Å². The molecule has 2 aromatic rings. The second-order valence-electron chi connectivity index (χ2n) is 5.23. The maximum Gasteiger partial charge on any atom is 0.322 e. The van der Waals surface area contributed by atoms with Crippen LogP contribution in [0.25, 0.3) is 11.6 Å². The first-order valence-electron chi connectivity index (χ1n) is 7.33. The van der Waals surface area contributed by atoms with Crippen molar-refractivity contribution in [2.45, 2.75) is 0 Å². The first kappa shape index (κ1) is 16.7. The lowest BCUT2D eigenvalue weighted by Crippen LogP contribution is -2.20. The van der Waals surface area contributed by atoms with Gasteiger partial charge in [0.1, 0.15) is 5.82 Å². The molecule has 1 amide bonds. The maximum atomic E-state index is 13.7. The SMILES string of the molecule is COc1nc(OC)c(/C=C2\C(=O)N(C)c3ccc(F)cc32)c(OC)n1. The van der Waals surface area contributed by atoms with Crippen LogP contribution in [0.15, 0.2) is 18.2 Å². The van der Waals surface area contributed by atoms with E-state index in [0.717, 1.165) is 0 Å². The second kappa shape index (κ2) is 6.39. The fourth-order valence-corrected chi connectivity index (χ4v) is 2.64. The molecule has 2 heterocycles. The summed E-state index contributed by atoms with van der Waals surface area (Å²) in [5.41, 5.74) is 1.75. The van der Waals surface area contributed by atoms with E-state index in [2.05, 4.69) is 9.97 Å². The molecule has 3 rings (SSSR count). The molecule has 8 heteroatoms.